The standard InChI is InChI=1S/C16H18N2O2.ClH/c19-14-8-15(17-10-14)16(20)18-9-11-5-6-12-3-1-2-4-13(12)7-11;/h1-7,14-15,17,19H,8-10H2,(H,18,20);1H. The van der Waals surface area contributed by atoms with E-state index in [0.29, 0.717) is 19.5 Å². The Morgan fingerprint density at radius 3 is 2.71 bits per heavy atom. The van der Waals surface area contributed by atoms with E-state index in [1.54, 1.807) is 0 Å². The van der Waals surface area contributed by atoms with E-state index >= 15 is 0 Å². The minimum Gasteiger partial charge on any atom is -0.392 e. The van der Waals surface area contributed by atoms with Crippen LogP contribution in [0.1, 0.15) is 12.0 Å². The number of rotatable bonds is 3. The first kappa shape index (κ1) is 15.8. The van der Waals surface area contributed by atoms with Gasteiger partial charge in [0.2, 0.25) is 5.91 Å². The Labute approximate surface area is 130 Å². The van der Waals surface area contributed by atoms with Crippen molar-refractivity contribution in [3.8, 4) is 0 Å². The first-order valence-electron chi connectivity index (χ1n) is 6.89. The van der Waals surface area contributed by atoms with Crippen LogP contribution in [0.25, 0.3) is 10.8 Å². The van der Waals surface area contributed by atoms with E-state index in [1.807, 2.05) is 18.2 Å². The second-order valence-corrected chi connectivity index (χ2v) is 5.25. The highest BCUT2D eigenvalue weighted by atomic mass is 35.5. The van der Waals surface area contributed by atoms with Crippen LogP contribution in [0.5, 0.6) is 0 Å². The molecule has 0 aromatic heterocycles. The van der Waals surface area contributed by atoms with Crippen LogP contribution >= 0.6 is 12.4 Å². The molecule has 0 aliphatic carbocycles. The molecule has 1 fully saturated rings. The fourth-order valence-electron chi connectivity index (χ4n) is 2.58. The van der Waals surface area contributed by atoms with Crippen molar-refractivity contribution in [1.29, 1.82) is 0 Å². The Hall–Kier alpha value is -1.62. The minimum atomic E-state index is -0.411. The van der Waals surface area contributed by atoms with Gasteiger partial charge in [0.25, 0.3) is 0 Å². The molecule has 0 radical (unpaired) electrons. The maximum Gasteiger partial charge on any atom is 0.237 e. The fraction of sp³-hybridized carbons (Fsp3) is 0.312. The third-order valence-electron chi connectivity index (χ3n) is 3.70. The predicted molar refractivity (Wildman–Crippen MR) is 85.5 cm³/mol. The van der Waals surface area contributed by atoms with Gasteiger partial charge in [-0.15, -0.1) is 12.4 Å². The Kier molecular flexibility index (Phi) is 5.17. The highest BCUT2D eigenvalue weighted by Gasteiger charge is 2.27. The van der Waals surface area contributed by atoms with Crippen LogP contribution in [0.4, 0.5) is 0 Å². The lowest BCUT2D eigenvalue weighted by Crippen LogP contribution is -2.39. The predicted octanol–water partition coefficient (Wildman–Crippen LogP) is 1.60. The zero-order valence-electron chi connectivity index (χ0n) is 11.6. The summed E-state index contributed by atoms with van der Waals surface area (Å²) in [7, 11) is 0. The lowest BCUT2D eigenvalue weighted by Gasteiger charge is -2.11. The Morgan fingerprint density at radius 2 is 2.00 bits per heavy atom. The first-order valence-corrected chi connectivity index (χ1v) is 6.89. The van der Waals surface area contributed by atoms with Crippen molar-refractivity contribution in [3.63, 3.8) is 0 Å². The third kappa shape index (κ3) is 3.73. The van der Waals surface area contributed by atoms with Gasteiger partial charge in [-0.2, -0.15) is 0 Å². The highest BCUT2D eigenvalue weighted by Crippen LogP contribution is 2.15. The molecule has 3 rings (SSSR count). The molecule has 0 saturated carbocycles. The van der Waals surface area contributed by atoms with Crippen molar-refractivity contribution in [2.24, 2.45) is 0 Å². The van der Waals surface area contributed by atoms with Gasteiger partial charge in [-0.1, -0.05) is 36.4 Å². The summed E-state index contributed by atoms with van der Waals surface area (Å²) in [5.41, 5.74) is 1.08. The monoisotopic (exact) mass is 306 g/mol. The van der Waals surface area contributed by atoms with Crippen molar-refractivity contribution in [2.45, 2.75) is 25.1 Å². The van der Waals surface area contributed by atoms with Crippen molar-refractivity contribution in [2.75, 3.05) is 6.54 Å². The summed E-state index contributed by atoms with van der Waals surface area (Å²) in [6.45, 7) is 1.01. The molecule has 0 spiro atoms. The number of benzene rings is 2. The summed E-state index contributed by atoms with van der Waals surface area (Å²) in [5.74, 6) is -0.0466. The van der Waals surface area contributed by atoms with Gasteiger partial charge in [0.15, 0.2) is 0 Å². The summed E-state index contributed by atoms with van der Waals surface area (Å²) in [6.07, 6.45) is 0.0789. The van der Waals surface area contributed by atoms with E-state index in [9.17, 15) is 9.90 Å². The molecule has 1 aliphatic rings. The topological polar surface area (TPSA) is 61.4 Å². The van der Waals surface area contributed by atoms with Crippen molar-refractivity contribution in [3.05, 3.63) is 48.0 Å². The average molecular weight is 307 g/mol. The van der Waals surface area contributed by atoms with Gasteiger partial charge in [0.05, 0.1) is 12.1 Å². The van der Waals surface area contributed by atoms with Gasteiger partial charge in [0.1, 0.15) is 0 Å². The maximum absolute atomic E-state index is 11.9. The van der Waals surface area contributed by atoms with Gasteiger partial charge >= 0.3 is 0 Å². The number of nitrogens with one attached hydrogen (secondary N) is 2. The van der Waals surface area contributed by atoms with Crippen LogP contribution < -0.4 is 10.6 Å². The molecular weight excluding hydrogens is 288 g/mol. The minimum absolute atomic E-state index is 0. The van der Waals surface area contributed by atoms with Crippen LogP contribution in [0.15, 0.2) is 42.5 Å². The van der Waals surface area contributed by atoms with Crippen LogP contribution in [0, 0.1) is 0 Å². The van der Waals surface area contributed by atoms with E-state index in [4.69, 9.17) is 0 Å². The van der Waals surface area contributed by atoms with Gasteiger partial charge in [0, 0.05) is 13.1 Å². The molecule has 2 atom stereocenters. The van der Waals surface area contributed by atoms with E-state index in [0.717, 1.165) is 5.56 Å². The number of halogens is 1. The number of amides is 1. The number of hydrogen-bond acceptors (Lipinski definition) is 3. The van der Waals surface area contributed by atoms with Gasteiger partial charge in [-0.25, -0.2) is 0 Å². The molecule has 21 heavy (non-hydrogen) atoms. The summed E-state index contributed by atoms with van der Waals surface area (Å²) in [6, 6.07) is 14.1. The molecule has 1 heterocycles. The molecule has 3 N–H and O–H groups in total. The molecule has 2 unspecified atom stereocenters. The Bertz CT molecular complexity index is 632. The highest BCUT2D eigenvalue weighted by molar-refractivity contribution is 5.85. The molecule has 1 aliphatic heterocycles. The van der Waals surface area contributed by atoms with Crippen LogP contribution in [0.3, 0.4) is 0 Å². The third-order valence-corrected chi connectivity index (χ3v) is 3.70. The normalized spacial score (nSPS) is 21.0. The number of fused-ring (bicyclic) bond motifs is 1. The summed E-state index contributed by atoms with van der Waals surface area (Å²) in [5, 5.41) is 17.7. The second-order valence-electron chi connectivity index (χ2n) is 5.25. The Balaban J connectivity index is 0.00000161. The molecule has 112 valence electrons. The zero-order chi connectivity index (χ0) is 13.9. The lowest BCUT2D eigenvalue weighted by molar-refractivity contribution is -0.123. The van der Waals surface area contributed by atoms with Gasteiger partial charge < -0.3 is 15.7 Å². The first-order chi connectivity index (χ1) is 9.72. The zero-order valence-corrected chi connectivity index (χ0v) is 12.4. The number of β-amino-alcohol motifs (C(OH)–C–C–N with tert-alkyl or cyclic N) is 1. The Morgan fingerprint density at radius 1 is 1.24 bits per heavy atom. The van der Waals surface area contributed by atoms with E-state index in [2.05, 4.69) is 34.9 Å². The van der Waals surface area contributed by atoms with Crippen LogP contribution in [0.2, 0.25) is 0 Å². The molecule has 2 aromatic rings. The molecule has 2 aromatic carbocycles. The van der Waals surface area contributed by atoms with Crippen molar-refractivity contribution >= 4 is 29.1 Å². The average Bonchev–Trinajstić information content (AvgIpc) is 2.91. The van der Waals surface area contributed by atoms with Crippen molar-refractivity contribution in [1.82, 2.24) is 10.6 Å². The van der Waals surface area contributed by atoms with Crippen LogP contribution in [-0.4, -0.2) is 29.7 Å². The summed E-state index contributed by atoms with van der Waals surface area (Å²) < 4.78 is 0. The number of hydrogen-bond donors (Lipinski definition) is 3. The molecule has 5 heteroatoms. The van der Waals surface area contributed by atoms with E-state index < -0.39 is 6.10 Å². The summed E-state index contributed by atoms with van der Waals surface area (Å²) >= 11 is 0. The van der Waals surface area contributed by atoms with Crippen LogP contribution in [-0.2, 0) is 11.3 Å². The van der Waals surface area contributed by atoms with Gasteiger partial charge in [-0.05, 0) is 28.8 Å². The molecule has 1 amide bonds. The quantitative estimate of drug-likeness (QED) is 0.807. The van der Waals surface area contributed by atoms with Crippen molar-refractivity contribution < 1.29 is 9.90 Å². The maximum atomic E-state index is 11.9. The van der Waals surface area contributed by atoms with E-state index in [-0.39, 0.29) is 24.4 Å². The number of aliphatic hydroxyl groups excluding tert-OH is 1. The molecule has 4 nitrogen and oxygen atoms in total. The fourth-order valence-corrected chi connectivity index (χ4v) is 2.58. The number of aliphatic hydroxyl groups is 1. The SMILES string of the molecule is Cl.O=C(NCc1ccc2ccccc2c1)C1CC(O)CN1. The number of carbonyl (C=O) groups excluding carboxylic acids is 1. The second kappa shape index (κ2) is 6.89. The van der Waals surface area contributed by atoms with Gasteiger partial charge in [-0.3, -0.25) is 4.79 Å². The molecule has 0 bridgehead atoms. The lowest BCUT2D eigenvalue weighted by atomic mass is 10.1. The summed E-state index contributed by atoms with van der Waals surface area (Å²) in [4.78, 5) is 11.9. The molecule has 1 saturated heterocycles. The largest absolute Gasteiger partial charge is 0.392 e. The smallest absolute Gasteiger partial charge is 0.237 e. The van der Waals surface area contributed by atoms with E-state index in [1.165, 1.54) is 10.8 Å². The number of carbonyl (C=O) groups is 1. The molecular formula is C16H19ClN2O2.